The summed E-state index contributed by atoms with van der Waals surface area (Å²) >= 11 is -6.17. The molecule has 0 heterocycles. The molecule has 0 aliphatic rings. The first-order valence-corrected chi connectivity index (χ1v) is 6.46. The summed E-state index contributed by atoms with van der Waals surface area (Å²) in [5.41, 5.74) is 0. The molecule has 62 valence electrons. The van der Waals surface area contributed by atoms with Crippen molar-refractivity contribution >= 4 is 0 Å². The molecule has 0 aliphatic carbocycles. The molecule has 7 heteroatoms. The van der Waals surface area contributed by atoms with Gasteiger partial charge < -0.3 is 12.3 Å². The van der Waals surface area contributed by atoms with Gasteiger partial charge in [0.1, 0.15) is 0 Å². The number of hydrogen-bond donors (Lipinski definition) is 2. The molecule has 0 fully saturated rings. The Morgan fingerprint density at radius 3 is 1.00 bits per heavy atom. The minimum absolute atomic E-state index is 0. The minimum atomic E-state index is -6.17. The molecule has 0 rings (SSSR count). The van der Waals surface area contributed by atoms with Crippen molar-refractivity contribution in [2.75, 3.05) is 0 Å². The number of hydrogen-bond acceptors (Lipinski definition) is 4. The predicted octanol–water partition coefficient (Wildman–Crippen LogP) is -0.839. The molecule has 0 bridgehead atoms. The molecule has 0 unspecified atom stereocenters. The second kappa shape index (κ2) is 11.0. The topological polar surface area (TPSA) is 153 Å². The van der Waals surface area contributed by atoms with Crippen LogP contribution in [0.2, 0.25) is 0 Å². The second-order valence-electron chi connectivity index (χ2n) is 0.408. The van der Waals surface area contributed by atoms with E-state index in [1.165, 1.54) is 0 Å². The second-order valence-corrected chi connectivity index (χ2v) is 3.34. The maximum atomic E-state index is 8.65. The fraction of sp³-hybridized carbons (Fsp3) is 1.00. The van der Waals surface area contributed by atoms with Crippen LogP contribution >= 0.6 is 0 Å². The van der Waals surface area contributed by atoms with E-state index >= 15 is 0 Å². The average Bonchev–Trinajstić information content (AvgIpc) is 1.36. The molecule has 0 aliphatic heterocycles. The molecule has 8 N–H and O–H groups in total. The van der Waals surface area contributed by atoms with Gasteiger partial charge in [0.15, 0.2) is 0 Å². The molecule has 9 heavy (non-hydrogen) atoms. The van der Waals surface area contributed by atoms with E-state index in [1.807, 2.05) is 13.8 Å². The molecule has 6 nitrogen and oxygen atoms in total. The van der Waals surface area contributed by atoms with Gasteiger partial charge in [0, 0.05) is 0 Å². The van der Waals surface area contributed by atoms with Gasteiger partial charge in [-0.05, 0) is 0 Å². The van der Waals surface area contributed by atoms with E-state index < -0.39 is 16.7 Å². The van der Waals surface area contributed by atoms with Gasteiger partial charge in [-0.25, -0.2) is 0 Å². The van der Waals surface area contributed by atoms with E-state index in [9.17, 15) is 0 Å². The van der Waals surface area contributed by atoms with Crippen molar-refractivity contribution in [3.8, 4) is 0 Å². The van der Waals surface area contributed by atoms with Crippen LogP contribution in [0.25, 0.3) is 0 Å². The first-order valence-electron chi connectivity index (χ1n) is 1.67. The summed E-state index contributed by atoms with van der Waals surface area (Å²) in [5.74, 6) is 0. The van der Waals surface area contributed by atoms with E-state index in [1.54, 1.807) is 0 Å². The van der Waals surface area contributed by atoms with E-state index in [0.717, 1.165) is 0 Å². The van der Waals surface area contributed by atoms with Crippen LogP contribution in [-0.2, 0) is 23.5 Å². The molecule has 0 aromatic heterocycles. The Labute approximate surface area is 57.8 Å². The van der Waals surface area contributed by atoms with Crippen molar-refractivity contribution in [1.29, 1.82) is 0 Å². The summed E-state index contributed by atoms with van der Waals surface area (Å²) in [6.45, 7) is 4.00. The normalized spacial score (nSPS) is 7.11. The Balaban J connectivity index is -0.0000000286. The van der Waals surface area contributed by atoms with Gasteiger partial charge >= 0.3 is 31.1 Å². The van der Waals surface area contributed by atoms with Gasteiger partial charge in [-0.2, -0.15) is 0 Å². The molecule has 0 saturated heterocycles. The third-order valence-electron chi connectivity index (χ3n) is 0. The molecule has 0 aromatic rings. The van der Waals surface area contributed by atoms with E-state index in [2.05, 4.69) is 0 Å². The SMILES string of the molecule is CC.[NH4+].[NH4+].[O]=[W](=[O])([O-])[O-]. The van der Waals surface area contributed by atoms with Crippen LogP contribution < -0.4 is 19.8 Å². The number of quaternary nitrogens is 2. The standard InChI is InChI=1S/C2H6.2H3N.4O.W/c1-2;;;;;;;/h1-2H3;2*1H3;;;;;/q;;;;;2*-1;/p+2. The van der Waals surface area contributed by atoms with Crippen LogP contribution in [0.5, 0.6) is 0 Å². The van der Waals surface area contributed by atoms with E-state index in [4.69, 9.17) is 14.3 Å². The quantitative estimate of drug-likeness (QED) is 0.598. The van der Waals surface area contributed by atoms with Gasteiger partial charge in [0.25, 0.3) is 0 Å². The van der Waals surface area contributed by atoms with Gasteiger partial charge in [-0.15, -0.1) is 0 Å². The predicted molar refractivity (Wildman–Crippen MR) is 24.7 cm³/mol. The van der Waals surface area contributed by atoms with Gasteiger partial charge in [0.2, 0.25) is 0 Å². The molecule has 0 radical (unpaired) electrons. The molecule has 0 spiro atoms. The van der Waals surface area contributed by atoms with Crippen molar-refractivity contribution in [3.63, 3.8) is 0 Å². The first kappa shape index (κ1) is 22.9. The molecule has 0 amide bonds. The fourth-order valence-electron chi connectivity index (χ4n) is 0. The Kier molecular flexibility index (Phi) is 28.0. The van der Waals surface area contributed by atoms with Crippen molar-refractivity contribution in [2.24, 2.45) is 0 Å². The zero-order valence-electron chi connectivity index (χ0n) is 6.04. The first-order chi connectivity index (χ1) is 3.00. The van der Waals surface area contributed by atoms with E-state index in [-0.39, 0.29) is 12.3 Å². The van der Waals surface area contributed by atoms with Crippen molar-refractivity contribution < 1.29 is 31.1 Å². The average molecular weight is 314 g/mol. The summed E-state index contributed by atoms with van der Waals surface area (Å²) in [4.78, 5) is 0. The third kappa shape index (κ3) is 18500. The van der Waals surface area contributed by atoms with Gasteiger partial charge in [-0.3, -0.25) is 0 Å². The van der Waals surface area contributed by atoms with Crippen molar-refractivity contribution in [2.45, 2.75) is 13.8 Å². The third-order valence-corrected chi connectivity index (χ3v) is 0. The van der Waals surface area contributed by atoms with Crippen molar-refractivity contribution in [1.82, 2.24) is 12.3 Å². The van der Waals surface area contributed by atoms with Gasteiger partial charge in [-0.1, -0.05) is 13.8 Å². The Morgan fingerprint density at radius 2 is 1.00 bits per heavy atom. The van der Waals surface area contributed by atoms with Crippen LogP contribution in [0.4, 0.5) is 0 Å². The molecule has 0 atom stereocenters. The van der Waals surface area contributed by atoms with E-state index in [0.29, 0.717) is 0 Å². The molecular weight excluding hydrogens is 300 g/mol. The van der Waals surface area contributed by atoms with Crippen LogP contribution in [0.3, 0.4) is 0 Å². The molecule has 0 saturated carbocycles. The summed E-state index contributed by atoms with van der Waals surface area (Å²) in [5, 5.41) is 0. The zero-order chi connectivity index (χ0) is 6.50. The maximum absolute atomic E-state index is 8.65. The van der Waals surface area contributed by atoms with Crippen LogP contribution in [0.15, 0.2) is 0 Å². The Bertz CT molecular complexity index is 99.7. The summed E-state index contributed by atoms with van der Waals surface area (Å²) in [7, 11) is 0. The summed E-state index contributed by atoms with van der Waals surface area (Å²) < 4.78 is 34.6. The zero-order valence-corrected chi connectivity index (χ0v) is 8.97. The van der Waals surface area contributed by atoms with Crippen LogP contribution in [-0.4, -0.2) is 0 Å². The number of rotatable bonds is 0. The molecule has 0 aromatic carbocycles. The van der Waals surface area contributed by atoms with Crippen molar-refractivity contribution in [3.05, 3.63) is 0 Å². The fourth-order valence-corrected chi connectivity index (χ4v) is 0. The molecular formula is C2H14N2O4W. The van der Waals surface area contributed by atoms with Gasteiger partial charge in [0.05, 0.1) is 0 Å². The van der Waals surface area contributed by atoms with Crippen LogP contribution in [0.1, 0.15) is 13.8 Å². The summed E-state index contributed by atoms with van der Waals surface area (Å²) in [6.07, 6.45) is 0. The van der Waals surface area contributed by atoms with Crippen LogP contribution in [0, 0.1) is 0 Å². The summed E-state index contributed by atoms with van der Waals surface area (Å²) in [6, 6.07) is 0. The Hall–Kier alpha value is 0.128. The monoisotopic (exact) mass is 314 g/mol. The Morgan fingerprint density at radius 1 is 1.00 bits per heavy atom.